The van der Waals surface area contributed by atoms with Crippen LogP contribution in [0.5, 0.6) is 0 Å². The molecule has 2 aromatic rings. The van der Waals surface area contributed by atoms with Gasteiger partial charge in [0, 0.05) is 11.6 Å². The Labute approximate surface area is 125 Å². The fourth-order valence-corrected chi connectivity index (χ4v) is 3.22. The molecule has 0 saturated heterocycles. The van der Waals surface area contributed by atoms with Gasteiger partial charge in [0.15, 0.2) is 0 Å². The van der Waals surface area contributed by atoms with E-state index in [2.05, 4.69) is 5.32 Å². The van der Waals surface area contributed by atoms with Crippen LogP contribution in [-0.2, 0) is 0 Å². The van der Waals surface area contributed by atoms with E-state index >= 15 is 0 Å². The van der Waals surface area contributed by atoms with E-state index in [0.717, 1.165) is 17.7 Å². The highest BCUT2D eigenvalue weighted by molar-refractivity contribution is 7.12. The summed E-state index contributed by atoms with van der Waals surface area (Å²) in [4.78, 5) is 12.8. The third-order valence-electron chi connectivity index (χ3n) is 3.16. The van der Waals surface area contributed by atoms with Gasteiger partial charge in [-0.2, -0.15) is 0 Å². The van der Waals surface area contributed by atoms with Crippen molar-refractivity contribution in [1.29, 1.82) is 0 Å². The van der Waals surface area contributed by atoms with Crippen molar-refractivity contribution >= 4 is 46.1 Å². The predicted octanol–water partition coefficient (Wildman–Crippen LogP) is 4.66. The summed E-state index contributed by atoms with van der Waals surface area (Å²) < 4.78 is -0.691. The van der Waals surface area contributed by atoms with E-state index in [4.69, 9.17) is 23.2 Å². The van der Waals surface area contributed by atoms with Crippen LogP contribution in [-0.4, -0.2) is 10.2 Å². The molecule has 0 bridgehead atoms. The highest BCUT2D eigenvalue weighted by Gasteiger charge is 2.53. The minimum Gasteiger partial charge on any atom is -0.321 e. The van der Waals surface area contributed by atoms with E-state index in [9.17, 15) is 4.79 Å². The number of carbonyl (C=O) groups is 1. The molecule has 1 unspecified atom stereocenters. The number of para-hydroxylation sites is 1. The van der Waals surface area contributed by atoms with Crippen molar-refractivity contribution in [1.82, 2.24) is 0 Å². The van der Waals surface area contributed by atoms with Crippen LogP contribution in [0.4, 0.5) is 5.69 Å². The van der Waals surface area contributed by atoms with E-state index in [0.29, 0.717) is 4.88 Å². The van der Waals surface area contributed by atoms with Gasteiger partial charge < -0.3 is 5.32 Å². The monoisotopic (exact) mass is 311 g/mol. The van der Waals surface area contributed by atoms with Crippen LogP contribution in [0.25, 0.3) is 0 Å². The van der Waals surface area contributed by atoms with Gasteiger partial charge in [-0.05, 0) is 29.5 Å². The van der Waals surface area contributed by atoms with Crippen LogP contribution < -0.4 is 5.32 Å². The Morgan fingerprint density at radius 2 is 2.00 bits per heavy atom. The molecule has 0 aliphatic heterocycles. The molecule has 5 heteroatoms. The first kappa shape index (κ1) is 13.0. The number of hydrogen-bond donors (Lipinski definition) is 1. The van der Waals surface area contributed by atoms with E-state index in [1.54, 1.807) is 6.07 Å². The number of halogens is 2. The summed E-state index contributed by atoms with van der Waals surface area (Å²) in [6.07, 6.45) is 0.724. The fraction of sp³-hybridized carbons (Fsp3) is 0.214. The minimum atomic E-state index is -0.691. The van der Waals surface area contributed by atoms with Crippen molar-refractivity contribution in [3.63, 3.8) is 0 Å². The summed E-state index contributed by atoms with van der Waals surface area (Å²) in [5, 5.41) is 4.81. The Bertz CT molecular complexity index is 610. The number of thiophene rings is 1. The van der Waals surface area contributed by atoms with Gasteiger partial charge in [-0.15, -0.1) is 34.5 Å². The first-order valence-electron chi connectivity index (χ1n) is 5.89. The van der Waals surface area contributed by atoms with Crippen LogP contribution in [0.15, 0.2) is 41.8 Å². The summed E-state index contributed by atoms with van der Waals surface area (Å²) in [5.41, 5.74) is 1.78. The van der Waals surface area contributed by atoms with Crippen LogP contribution in [0, 0.1) is 0 Å². The summed E-state index contributed by atoms with van der Waals surface area (Å²) >= 11 is 13.6. The maximum atomic E-state index is 12.1. The highest BCUT2D eigenvalue weighted by atomic mass is 35.5. The minimum absolute atomic E-state index is 0.0932. The number of hydrogen-bond acceptors (Lipinski definition) is 2. The van der Waals surface area contributed by atoms with Crippen LogP contribution in [0.3, 0.4) is 0 Å². The molecule has 1 N–H and O–H groups in total. The molecule has 1 aromatic heterocycles. The Morgan fingerprint density at radius 3 is 2.63 bits per heavy atom. The lowest BCUT2D eigenvalue weighted by molar-refractivity contribution is 0.103. The van der Waals surface area contributed by atoms with Gasteiger partial charge in [-0.25, -0.2) is 0 Å². The van der Waals surface area contributed by atoms with Crippen LogP contribution in [0.2, 0.25) is 0 Å². The van der Waals surface area contributed by atoms with E-state index in [1.807, 2.05) is 35.7 Å². The molecule has 1 heterocycles. The predicted molar refractivity (Wildman–Crippen MR) is 80.5 cm³/mol. The van der Waals surface area contributed by atoms with Gasteiger partial charge >= 0.3 is 0 Å². The molecule has 2 nitrogen and oxygen atoms in total. The lowest BCUT2D eigenvalue weighted by Crippen LogP contribution is -2.12. The van der Waals surface area contributed by atoms with Crippen molar-refractivity contribution in [2.75, 3.05) is 5.32 Å². The zero-order valence-electron chi connectivity index (χ0n) is 9.90. The number of nitrogens with one attached hydrogen (secondary N) is 1. The topological polar surface area (TPSA) is 29.1 Å². The smallest absolute Gasteiger partial charge is 0.265 e. The Hall–Kier alpha value is -1.03. The maximum Gasteiger partial charge on any atom is 0.265 e. The molecule has 0 radical (unpaired) electrons. The van der Waals surface area contributed by atoms with Crippen LogP contribution in [0.1, 0.15) is 27.6 Å². The van der Waals surface area contributed by atoms with Gasteiger partial charge in [0.2, 0.25) is 0 Å². The molecule has 3 rings (SSSR count). The number of rotatable bonds is 3. The number of carbonyl (C=O) groups excluding carboxylic acids is 1. The quantitative estimate of drug-likeness (QED) is 0.820. The summed E-state index contributed by atoms with van der Waals surface area (Å²) in [6, 6.07) is 11.3. The van der Waals surface area contributed by atoms with Crippen molar-refractivity contribution < 1.29 is 4.79 Å². The lowest BCUT2D eigenvalue weighted by atomic mass is 10.1. The molecule has 1 aliphatic carbocycles. The molecule has 1 aliphatic rings. The average molecular weight is 312 g/mol. The molecule has 0 spiro atoms. The third-order valence-corrected chi connectivity index (χ3v) is 4.86. The van der Waals surface area contributed by atoms with Gasteiger partial charge in [0.1, 0.15) is 4.33 Å². The lowest BCUT2D eigenvalue weighted by Gasteiger charge is -2.10. The molecular weight excluding hydrogens is 301 g/mol. The number of amides is 1. The second-order valence-corrected chi connectivity index (χ2v) is 7.03. The number of benzene rings is 1. The molecule has 1 saturated carbocycles. The first-order valence-corrected chi connectivity index (χ1v) is 7.53. The van der Waals surface area contributed by atoms with E-state index in [-0.39, 0.29) is 11.8 Å². The Balaban J connectivity index is 1.84. The zero-order chi connectivity index (χ0) is 13.5. The standard InChI is InChI=1S/C14H11Cl2NOS/c15-14(16)8-10(14)9-4-1-2-5-11(9)17-13(18)12-6-3-7-19-12/h1-7,10H,8H2,(H,17,18). The fourth-order valence-electron chi connectivity index (χ4n) is 2.06. The van der Waals surface area contributed by atoms with E-state index in [1.165, 1.54) is 11.3 Å². The summed E-state index contributed by atoms with van der Waals surface area (Å²) in [7, 11) is 0. The Morgan fingerprint density at radius 1 is 1.26 bits per heavy atom. The molecular formula is C14H11Cl2NOS. The second-order valence-electron chi connectivity index (χ2n) is 4.54. The normalized spacial score (nSPS) is 20.0. The molecule has 1 atom stereocenters. The van der Waals surface area contributed by atoms with Gasteiger partial charge in [-0.1, -0.05) is 24.3 Å². The van der Waals surface area contributed by atoms with Crippen LogP contribution >= 0.6 is 34.5 Å². The van der Waals surface area contributed by atoms with Crippen molar-refractivity contribution in [3.05, 3.63) is 52.2 Å². The van der Waals surface area contributed by atoms with Gasteiger partial charge in [0.05, 0.1) is 4.88 Å². The summed E-state index contributed by atoms with van der Waals surface area (Å²) in [5.74, 6) is -0.00601. The SMILES string of the molecule is O=C(Nc1ccccc1C1CC1(Cl)Cl)c1cccs1. The molecule has 1 aromatic carbocycles. The molecule has 1 fully saturated rings. The largest absolute Gasteiger partial charge is 0.321 e. The molecule has 1 amide bonds. The van der Waals surface area contributed by atoms with Gasteiger partial charge in [0.25, 0.3) is 5.91 Å². The zero-order valence-corrected chi connectivity index (χ0v) is 12.2. The number of anilines is 1. The third kappa shape index (κ3) is 2.64. The van der Waals surface area contributed by atoms with Gasteiger partial charge in [-0.3, -0.25) is 4.79 Å². The summed E-state index contributed by atoms with van der Waals surface area (Å²) in [6.45, 7) is 0. The Kier molecular flexibility index (Phi) is 3.29. The van der Waals surface area contributed by atoms with E-state index < -0.39 is 4.33 Å². The first-order chi connectivity index (χ1) is 9.08. The highest BCUT2D eigenvalue weighted by Crippen LogP contribution is 2.60. The molecule has 19 heavy (non-hydrogen) atoms. The average Bonchev–Trinajstić information content (AvgIpc) is 2.83. The van der Waals surface area contributed by atoms with Crippen molar-refractivity contribution in [2.24, 2.45) is 0 Å². The van der Waals surface area contributed by atoms with Crippen molar-refractivity contribution in [3.8, 4) is 0 Å². The maximum absolute atomic E-state index is 12.1. The molecule has 98 valence electrons. The number of alkyl halides is 2. The second kappa shape index (κ2) is 4.82. The van der Waals surface area contributed by atoms with Crippen molar-refractivity contribution in [2.45, 2.75) is 16.7 Å².